The molecule has 176 valence electrons. The maximum atomic E-state index is 12.5. The minimum Gasteiger partial charge on any atom is -0.481 e. The van der Waals surface area contributed by atoms with Crippen molar-refractivity contribution in [3.63, 3.8) is 0 Å². The number of carboxylic acids is 1. The minimum atomic E-state index is -1.06. The number of carbonyl (C=O) groups is 4. The summed E-state index contributed by atoms with van der Waals surface area (Å²) < 4.78 is 0. The van der Waals surface area contributed by atoms with Crippen LogP contribution in [0.2, 0.25) is 0 Å². The summed E-state index contributed by atoms with van der Waals surface area (Å²) in [5, 5.41) is 19.7. The summed E-state index contributed by atoms with van der Waals surface area (Å²) in [4.78, 5) is 52.9. The third-order valence-electron chi connectivity index (χ3n) is 4.59. The molecule has 1 aromatic heterocycles. The van der Waals surface area contributed by atoms with Gasteiger partial charge in [-0.15, -0.1) is 11.3 Å². The number of hydrogen-bond donors (Lipinski definition) is 5. The second-order valence-corrected chi connectivity index (χ2v) is 8.38. The zero-order valence-corrected chi connectivity index (χ0v) is 19.0. The second kappa shape index (κ2) is 11.6. The molecule has 0 radical (unpaired) electrons. The lowest BCUT2D eigenvalue weighted by atomic mass is 10.0. The van der Waals surface area contributed by atoms with Gasteiger partial charge in [-0.25, -0.2) is 9.78 Å². The normalized spacial score (nSPS) is 11.2. The number of para-hydroxylation sites is 1. The number of aryl methyl sites for hydroxylation is 1. The summed E-state index contributed by atoms with van der Waals surface area (Å²) in [6, 6.07) is 16.3. The highest BCUT2D eigenvalue weighted by molar-refractivity contribution is 7.16. The molecule has 0 aliphatic carbocycles. The highest BCUT2D eigenvalue weighted by Crippen LogP contribution is 2.22. The number of nitrogens with zero attached hydrogens (tertiary/aromatic N) is 1. The molecule has 0 fully saturated rings. The fourth-order valence-electron chi connectivity index (χ4n) is 3.04. The molecule has 0 spiro atoms. The molecule has 34 heavy (non-hydrogen) atoms. The van der Waals surface area contributed by atoms with E-state index in [0.29, 0.717) is 16.1 Å². The van der Waals surface area contributed by atoms with Crippen LogP contribution < -0.4 is 21.3 Å². The topological polar surface area (TPSA) is 150 Å². The average Bonchev–Trinajstić information content (AvgIpc) is 3.17. The van der Waals surface area contributed by atoms with Gasteiger partial charge < -0.3 is 21.1 Å². The molecule has 0 saturated heterocycles. The van der Waals surface area contributed by atoms with Gasteiger partial charge in [0.05, 0.1) is 19.0 Å². The van der Waals surface area contributed by atoms with E-state index >= 15 is 0 Å². The van der Waals surface area contributed by atoms with Crippen molar-refractivity contribution in [1.82, 2.24) is 15.6 Å². The number of carboxylic acid groups (broad SMARTS) is 1. The zero-order chi connectivity index (χ0) is 24.5. The third-order valence-corrected chi connectivity index (χ3v) is 5.48. The van der Waals surface area contributed by atoms with Crippen molar-refractivity contribution in [3.05, 3.63) is 76.8 Å². The second-order valence-electron chi connectivity index (χ2n) is 7.18. The number of aliphatic carboxylic acids is 1. The van der Waals surface area contributed by atoms with E-state index in [1.54, 1.807) is 61.5 Å². The highest BCUT2D eigenvalue weighted by atomic mass is 32.1. The Morgan fingerprint density at radius 1 is 0.971 bits per heavy atom. The largest absolute Gasteiger partial charge is 0.481 e. The number of rotatable bonds is 9. The molecule has 1 unspecified atom stereocenters. The molecule has 1 heterocycles. The number of thiazole rings is 1. The quantitative estimate of drug-likeness (QED) is 0.317. The third kappa shape index (κ3) is 7.14. The molecule has 2 aromatic carbocycles. The van der Waals surface area contributed by atoms with Gasteiger partial charge in [0.1, 0.15) is 5.69 Å². The SMILES string of the molecule is Cc1sc(NC(=O)Nc2ccccc2)nc1C(=O)NCC(=O)NC(CC(=O)O)c1ccccc1. The van der Waals surface area contributed by atoms with Crippen molar-refractivity contribution in [1.29, 1.82) is 0 Å². The fourth-order valence-corrected chi connectivity index (χ4v) is 3.85. The van der Waals surface area contributed by atoms with Crippen LogP contribution in [-0.4, -0.2) is 40.5 Å². The lowest BCUT2D eigenvalue weighted by Crippen LogP contribution is -2.39. The van der Waals surface area contributed by atoms with Gasteiger partial charge in [-0.3, -0.25) is 19.7 Å². The van der Waals surface area contributed by atoms with Crippen LogP contribution in [0.3, 0.4) is 0 Å². The lowest BCUT2D eigenvalue weighted by Gasteiger charge is -2.17. The first-order valence-electron chi connectivity index (χ1n) is 10.3. The van der Waals surface area contributed by atoms with Crippen molar-refractivity contribution in [2.75, 3.05) is 17.2 Å². The number of amides is 4. The molecule has 1 atom stereocenters. The predicted octanol–water partition coefficient (Wildman–Crippen LogP) is 3.16. The summed E-state index contributed by atoms with van der Waals surface area (Å²) >= 11 is 1.12. The number of carbonyl (C=O) groups excluding carboxylic acids is 3. The van der Waals surface area contributed by atoms with E-state index in [9.17, 15) is 19.2 Å². The van der Waals surface area contributed by atoms with Crippen LogP contribution in [0.4, 0.5) is 15.6 Å². The molecule has 10 nitrogen and oxygen atoms in total. The summed E-state index contributed by atoms with van der Waals surface area (Å²) in [6.45, 7) is 1.31. The number of hydrogen-bond acceptors (Lipinski definition) is 6. The Hall–Kier alpha value is -4.25. The van der Waals surface area contributed by atoms with Crippen LogP contribution in [0.15, 0.2) is 60.7 Å². The molecule has 3 aromatic rings. The summed E-state index contributed by atoms with van der Waals surface area (Å²) in [6.07, 6.45) is -0.297. The van der Waals surface area contributed by atoms with E-state index in [0.717, 1.165) is 11.3 Å². The van der Waals surface area contributed by atoms with Crippen LogP contribution in [0.5, 0.6) is 0 Å². The number of nitrogens with one attached hydrogen (secondary N) is 4. The Balaban J connectivity index is 1.55. The van der Waals surface area contributed by atoms with Gasteiger partial charge in [0, 0.05) is 10.6 Å². The first kappa shape index (κ1) is 24.4. The van der Waals surface area contributed by atoms with Gasteiger partial charge in [0.15, 0.2) is 5.13 Å². The average molecular weight is 482 g/mol. The van der Waals surface area contributed by atoms with E-state index in [4.69, 9.17) is 5.11 Å². The molecule has 0 aliphatic rings. The Morgan fingerprint density at radius 2 is 1.62 bits per heavy atom. The van der Waals surface area contributed by atoms with E-state index in [-0.39, 0.29) is 23.8 Å². The van der Waals surface area contributed by atoms with Gasteiger partial charge in [-0.2, -0.15) is 0 Å². The van der Waals surface area contributed by atoms with Crippen molar-refractivity contribution >= 4 is 46.0 Å². The number of aromatic nitrogens is 1. The van der Waals surface area contributed by atoms with Crippen LogP contribution in [0.1, 0.15) is 33.4 Å². The standard InChI is InChI=1S/C23H23N5O5S/c1-14-20(27-23(34-14)28-22(33)25-16-10-6-3-7-11-16)21(32)24-13-18(29)26-17(12-19(30)31)15-8-4-2-5-9-15/h2-11,17H,12-13H2,1H3,(H,24,32)(H,26,29)(H,30,31)(H2,25,27,28,33). The van der Waals surface area contributed by atoms with Crippen LogP contribution in [0, 0.1) is 6.92 Å². The number of anilines is 2. The summed E-state index contributed by atoms with van der Waals surface area (Å²) in [7, 11) is 0. The number of urea groups is 1. The van der Waals surface area contributed by atoms with Gasteiger partial charge in [0.25, 0.3) is 5.91 Å². The molecule has 0 bridgehead atoms. The van der Waals surface area contributed by atoms with Gasteiger partial charge in [-0.1, -0.05) is 48.5 Å². The summed E-state index contributed by atoms with van der Waals surface area (Å²) in [5.41, 5.74) is 1.33. The van der Waals surface area contributed by atoms with Gasteiger partial charge in [0.2, 0.25) is 5.91 Å². The van der Waals surface area contributed by atoms with Crippen molar-refractivity contribution in [2.24, 2.45) is 0 Å². The van der Waals surface area contributed by atoms with Crippen LogP contribution in [0.25, 0.3) is 0 Å². The summed E-state index contributed by atoms with van der Waals surface area (Å²) in [5.74, 6) is -2.19. The Morgan fingerprint density at radius 3 is 2.26 bits per heavy atom. The van der Waals surface area contributed by atoms with Crippen molar-refractivity contribution in [3.8, 4) is 0 Å². The maximum absolute atomic E-state index is 12.5. The molecule has 0 aliphatic heterocycles. The van der Waals surface area contributed by atoms with Crippen molar-refractivity contribution in [2.45, 2.75) is 19.4 Å². The molecule has 3 rings (SSSR count). The Bertz CT molecular complexity index is 1170. The molecule has 0 saturated carbocycles. The fraction of sp³-hybridized carbons (Fsp3) is 0.174. The molecule has 5 N–H and O–H groups in total. The molecule has 4 amide bonds. The number of benzene rings is 2. The van der Waals surface area contributed by atoms with E-state index in [1.165, 1.54) is 0 Å². The maximum Gasteiger partial charge on any atom is 0.325 e. The Kier molecular flexibility index (Phi) is 8.30. The first-order valence-corrected chi connectivity index (χ1v) is 11.1. The monoisotopic (exact) mass is 481 g/mol. The minimum absolute atomic E-state index is 0.0814. The van der Waals surface area contributed by atoms with Crippen LogP contribution >= 0.6 is 11.3 Å². The zero-order valence-electron chi connectivity index (χ0n) is 18.2. The van der Waals surface area contributed by atoms with Crippen molar-refractivity contribution < 1.29 is 24.3 Å². The predicted molar refractivity (Wildman–Crippen MR) is 128 cm³/mol. The smallest absolute Gasteiger partial charge is 0.325 e. The van der Waals surface area contributed by atoms with E-state index in [2.05, 4.69) is 26.3 Å². The van der Waals surface area contributed by atoms with Gasteiger partial charge in [-0.05, 0) is 24.6 Å². The van der Waals surface area contributed by atoms with Crippen LogP contribution in [-0.2, 0) is 9.59 Å². The van der Waals surface area contributed by atoms with Gasteiger partial charge >= 0.3 is 12.0 Å². The first-order chi connectivity index (χ1) is 16.3. The lowest BCUT2D eigenvalue weighted by molar-refractivity contribution is -0.137. The molecular formula is C23H23N5O5S. The molecular weight excluding hydrogens is 458 g/mol. The molecule has 11 heteroatoms. The highest BCUT2D eigenvalue weighted by Gasteiger charge is 2.20. The van der Waals surface area contributed by atoms with E-state index < -0.39 is 29.9 Å². The Labute approximate surface area is 199 Å². The van der Waals surface area contributed by atoms with E-state index in [1.807, 2.05) is 6.07 Å².